The maximum atomic E-state index is 9.20. The molecule has 1 atom stereocenters. The highest BCUT2D eigenvalue weighted by Crippen LogP contribution is 2.21. The number of nitriles is 1. The summed E-state index contributed by atoms with van der Waals surface area (Å²) in [5.41, 5.74) is 3.38. The van der Waals surface area contributed by atoms with Gasteiger partial charge in [0.05, 0.1) is 6.07 Å². The molecule has 1 unspecified atom stereocenters. The molecule has 2 aromatic rings. The molecule has 0 bridgehead atoms. The van der Waals surface area contributed by atoms with Gasteiger partial charge in [0.25, 0.3) is 0 Å². The van der Waals surface area contributed by atoms with Crippen LogP contribution in [0.5, 0.6) is 0 Å². The molecule has 0 aliphatic carbocycles. The van der Waals surface area contributed by atoms with E-state index in [4.69, 9.17) is 0 Å². The van der Waals surface area contributed by atoms with Crippen LogP contribution in [0.4, 0.5) is 0 Å². The fourth-order valence-corrected chi connectivity index (χ4v) is 2.04. The van der Waals surface area contributed by atoms with Crippen LogP contribution in [0.15, 0.2) is 54.6 Å². The maximum Gasteiger partial charge on any atom is 0.121 e. The number of rotatable bonds is 4. The summed E-state index contributed by atoms with van der Waals surface area (Å²) in [7, 11) is 0. The van der Waals surface area contributed by atoms with Crippen molar-refractivity contribution in [1.82, 2.24) is 5.32 Å². The first-order valence-electron chi connectivity index (χ1n) is 6.52. The van der Waals surface area contributed by atoms with Crippen LogP contribution in [-0.2, 0) is 0 Å². The fraction of sp³-hybridized carbons (Fsp3) is 0.235. The van der Waals surface area contributed by atoms with Crippen molar-refractivity contribution in [3.63, 3.8) is 0 Å². The number of hydrogen-bond donors (Lipinski definition) is 1. The van der Waals surface area contributed by atoms with Crippen LogP contribution in [0.25, 0.3) is 11.1 Å². The van der Waals surface area contributed by atoms with E-state index in [1.165, 1.54) is 11.1 Å². The van der Waals surface area contributed by atoms with Gasteiger partial charge < -0.3 is 0 Å². The monoisotopic (exact) mass is 250 g/mol. The van der Waals surface area contributed by atoms with Crippen molar-refractivity contribution < 1.29 is 0 Å². The minimum absolute atomic E-state index is 0.246. The van der Waals surface area contributed by atoms with Crippen LogP contribution >= 0.6 is 0 Å². The minimum Gasteiger partial charge on any atom is -0.296 e. The highest BCUT2D eigenvalue weighted by Gasteiger charge is 2.11. The van der Waals surface area contributed by atoms with Crippen molar-refractivity contribution in [1.29, 1.82) is 5.26 Å². The van der Waals surface area contributed by atoms with Crippen molar-refractivity contribution in [2.75, 3.05) is 0 Å². The van der Waals surface area contributed by atoms with Gasteiger partial charge in [-0.3, -0.25) is 5.32 Å². The largest absolute Gasteiger partial charge is 0.296 e. The number of nitrogens with one attached hydrogen (secondary N) is 1. The van der Waals surface area contributed by atoms with Crippen LogP contribution in [-0.4, -0.2) is 6.04 Å². The van der Waals surface area contributed by atoms with Crippen molar-refractivity contribution in [2.24, 2.45) is 0 Å². The Bertz CT molecular complexity index is 550. The summed E-state index contributed by atoms with van der Waals surface area (Å²) >= 11 is 0. The van der Waals surface area contributed by atoms with E-state index >= 15 is 0 Å². The lowest BCUT2D eigenvalue weighted by Gasteiger charge is -2.15. The van der Waals surface area contributed by atoms with E-state index in [1.54, 1.807) is 0 Å². The van der Waals surface area contributed by atoms with Crippen molar-refractivity contribution in [2.45, 2.75) is 25.9 Å². The first-order valence-corrected chi connectivity index (χ1v) is 6.52. The molecule has 0 aliphatic heterocycles. The van der Waals surface area contributed by atoms with Crippen LogP contribution in [0.1, 0.15) is 25.5 Å². The lowest BCUT2D eigenvalue weighted by atomic mass is 10.0. The van der Waals surface area contributed by atoms with E-state index in [1.807, 2.05) is 44.2 Å². The SMILES string of the molecule is CC(C)NC(C#N)c1ccc(-c2ccccc2)cc1. The Balaban J connectivity index is 2.21. The molecular formula is C17H18N2. The van der Waals surface area contributed by atoms with Crippen LogP contribution in [0, 0.1) is 11.3 Å². The summed E-state index contributed by atoms with van der Waals surface area (Å²) in [5.74, 6) is 0. The first kappa shape index (κ1) is 13.3. The number of nitrogens with zero attached hydrogens (tertiary/aromatic N) is 1. The number of hydrogen-bond acceptors (Lipinski definition) is 2. The number of benzene rings is 2. The minimum atomic E-state index is -0.246. The Morgan fingerprint density at radius 2 is 1.47 bits per heavy atom. The van der Waals surface area contributed by atoms with Crippen LogP contribution in [0.3, 0.4) is 0 Å². The predicted octanol–water partition coefficient (Wildman–Crippen LogP) is 3.92. The van der Waals surface area contributed by atoms with Gasteiger partial charge in [0.15, 0.2) is 0 Å². The highest BCUT2D eigenvalue weighted by molar-refractivity contribution is 5.63. The molecule has 0 radical (unpaired) electrons. The summed E-state index contributed by atoms with van der Waals surface area (Å²) in [4.78, 5) is 0. The maximum absolute atomic E-state index is 9.20. The molecule has 0 aromatic heterocycles. The van der Waals surface area contributed by atoms with Crippen molar-refractivity contribution >= 4 is 0 Å². The van der Waals surface area contributed by atoms with E-state index in [2.05, 4.69) is 35.7 Å². The van der Waals surface area contributed by atoms with Crippen LogP contribution in [0.2, 0.25) is 0 Å². The second-order valence-corrected chi connectivity index (χ2v) is 4.87. The van der Waals surface area contributed by atoms with E-state index < -0.39 is 0 Å². The molecule has 1 N–H and O–H groups in total. The van der Waals surface area contributed by atoms with Crippen molar-refractivity contribution in [3.8, 4) is 17.2 Å². The smallest absolute Gasteiger partial charge is 0.121 e. The zero-order chi connectivity index (χ0) is 13.7. The molecular weight excluding hydrogens is 232 g/mol. The molecule has 0 spiro atoms. The van der Waals surface area contributed by atoms with Gasteiger partial charge in [-0.15, -0.1) is 0 Å². The molecule has 0 aliphatic rings. The van der Waals surface area contributed by atoms with Crippen molar-refractivity contribution in [3.05, 3.63) is 60.2 Å². The van der Waals surface area contributed by atoms with Gasteiger partial charge in [-0.1, -0.05) is 54.6 Å². The molecule has 0 fully saturated rings. The van der Waals surface area contributed by atoms with Gasteiger partial charge in [0.2, 0.25) is 0 Å². The Hall–Kier alpha value is -2.11. The van der Waals surface area contributed by atoms with E-state index in [0.717, 1.165) is 5.56 Å². The molecule has 96 valence electrons. The molecule has 0 saturated carbocycles. The summed E-state index contributed by atoms with van der Waals surface area (Å²) in [6.45, 7) is 4.09. The Morgan fingerprint density at radius 3 is 2.00 bits per heavy atom. The van der Waals surface area contributed by atoms with E-state index in [9.17, 15) is 5.26 Å². The fourth-order valence-electron chi connectivity index (χ4n) is 2.04. The summed E-state index contributed by atoms with van der Waals surface area (Å²) in [5, 5.41) is 12.4. The third kappa shape index (κ3) is 3.43. The standard InChI is InChI=1S/C17H18N2/c1-13(2)19-17(12-18)16-10-8-15(9-11-16)14-6-4-3-5-7-14/h3-11,13,17,19H,1-2H3. The molecule has 2 heteroatoms. The predicted molar refractivity (Wildman–Crippen MR) is 78.5 cm³/mol. The average molecular weight is 250 g/mol. The van der Waals surface area contributed by atoms with Gasteiger partial charge >= 0.3 is 0 Å². The van der Waals surface area contributed by atoms with Gasteiger partial charge in [0, 0.05) is 6.04 Å². The van der Waals surface area contributed by atoms with E-state index in [-0.39, 0.29) is 6.04 Å². The Kier molecular flexibility index (Phi) is 4.33. The average Bonchev–Trinajstić information content (AvgIpc) is 2.46. The Morgan fingerprint density at radius 1 is 0.895 bits per heavy atom. The Labute approximate surface area is 114 Å². The summed E-state index contributed by atoms with van der Waals surface area (Å²) in [6, 6.07) is 20.8. The van der Waals surface area contributed by atoms with Gasteiger partial charge in [-0.25, -0.2) is 0 Å². The quantitative estimate of drug-likeness (QED) is 0.892. The van der Waals surface area contributed by atoms with Gasteiger partial charge in [-0.05, 0) is 30.5 Å². The third-order valence-electron chi connectivity index (χ3n) is 2.98. The molecule has 2 nitrogen and oxygen atoms in total. The zero-order valence-corrected chi connectivity index (χ0v) is 11.3. The first-order chi connectivity index (χ1) is 9.20. The van der Waals surface area contributed by atoms with Crippen LogP contribution < -0.4 is 5.32 Å². The molecule has 19 heavy (non-hydrogen) atoms. The zero-order valence-electron chi connectivity index (χ0n) is 11.3. The summed E-state index contributed by atoms with van der Waals surface area (Å²) < 4.78 is 0. The van der Waals surface area contributed by atoms with Gasteiger partial charge in [-0.2, -0.15) is 5.26 Å². The van der Waals surface area contributed by atoms with E-state index in [0.29, 0.717) is 6.04 Å². The summed E-state index contributed by atoms with van der Waals surface area (Å²) in [6.07, 6.45) is 0. The molecule has 0 saturated heterocycles. The van der Waals surface area contributed by atoms with Gasteiger partial charge in [0.1, 0.15) is 6.04 Å². The molecule has 0 amide bonds. The lowest BCUT2D eigenvalue weighted by Crippen LogP contribution is -2.27. The molecule has 0 heterocycles. The highest BCUT2D eigenvalue weighted by atomic mass is 14.9. The lowest BCUT2D eigenvalue weighted by molar-refractivity contribution is 0.546. The molecule has 2 rings (SSSR count). The second-order valence-electron chi connectivity index (χ2n) is 4.87. The molecule has 2 aromatic carbocycles. The topological polar surface area (TPSA) is 35.8 Å². The third-order valence-corrected chi connectivity index (χ3v) is 2.98. The second kappa shape index (κ2) is 6.17. The normalized spacial score (nSPS) is 12.1.